The normalized spacial score (nSPS) is 10.4. The number of ether oxygens (including phenoxy) is 1. The number of hydrogen-bond acceptors (Lipinski definition) is 2. The third-order valence-electron chi connectivity index (χ3n) is 3.23. The minimum absolute atomic E-state index is 0.570. The van der Waals surface area contributed by atoms with Gasteiger partial charge in [-0.05, 0) is 42.5 Å². The van der Waals surface area contributed by atoms with Gasteiger partial charge in [-0.15, -0.1) is 0 Å². The van der Waals surface area contributed by atoms with Crippen molar-refractivity contribution in [1.29, 1.82) is 5.26 Å². The number of nitrogens with zero attached hydrogens (tertiary/aromatic N) is 2. The molecule has 3 aromatic rings. The van der Waals surface area contributed by atoms with Gasteiger partial charge in [0.1, 0.15) is 5.75 Å². The summed E-state index contributed by atoms with van der Waals surface area (Å²) in [6.45, 7) is 0. The maximum atomic E-state index is 8.93. The summed E-state index contributed by atoms with van der Waals surface area (Å²) < 4.78 is 7.19. The van der Waals surface area contributed by atoms with Crippen molar-refractivity contribution in [2.75, 3.05) is 7.11 Å². The van der Waals surface area contributed by atoms with Gasteiger partial charge in [0, 0.05) is 17.3 Å². The standard InChI is InChI=1S/C16H11ClN2O/c1-20-16-5-3-13(9-14(16)17)19-7-6-12-8-11(10-18)2-4-15(12)19/h2-9H,1H3. The highest BCUT2D eigenvalue weighted by Gasteiger charge is 2.07. The zero-order chi connectivity index (χ0) is 14.1. The van der Waals surface area contributed by atoms with E-state index < -0.39 is 0 Å². The first-order valence-electron chi connectivity index (χ1n) is 6.08. The third-order valence-corrected chi connectivity index (χ3v) is 3.53. The number of fused-ring (bicyclic) bond motifs is 1. The van der Waals surface area contributed by atoms with Gasteiger partial charge in [-0.1, -0.05) is 11.6 Å². The lowest BCUT2D eigenvalue weighted by Crippen LogP contribution is -1.93. The fraction of sp³-hybridized carbons (Fsp3) is 0.0625. The quantitative estimate of drug-likeness (QED) is 0.708. The fourth-order valence-corrected chi connectivity index (χ4v) is 2.49. The molecule has 0 saturated carbocycles. The van der Waals surface area contributed by atoms with E-state index in [-0.39, 0.29) is 0 Å². The Labute approximate surface area is 121 Å². The SMILES string of the molecule is COc1ccc(-n2ccc3cc(C#N)ccc32)cc1Cl. The van der Waals surface area contributed by atoms with E-state index in [0.717, 1.165) is 16.6 Å². The highest BCUT2D eigenvalue weighted by molar-refractivity contribution is 6.32. The van der Waals surface area contributed by atoms with Crippen LogP contribution in [0.4, 0.5) is 0 Å². The van der Waals surface area contributed by atoms with Gasteiger partial charge in [-0.3, -0.25) is 0 Å². The van der Waals surface area contributed by atoms with Crippen LogP contribution in [0.25, 0.3) is 16.6 Å². The summed E-state index contributed by atoms with van der Waals surface area (Å²) in [5, 5.41) is 10.5. The highest BCUT2D eigenvalue weighted by atomic mass is 35.5. The number of nitriles is 1. The molecule has 2 aromatic carbocycles. The van der Waals surface area contributed by atoms with Crippen LogP contribution >= 0.6 is 11.6 Å². The van der Waals surface area contributed by atoms with Gasteiger partial charge >= 0.3 is 0 Å². The smallest absolute Gasteiger partial charge is 0.137 e. The van der Waals surface area contributed by atoms with Crippen LogP contribution in [0.15, 0.2) is 48.7 Å². The van der Waals surface area contributed by atoms with E-state index in [1.807, 2.05) is 53.2 Å². The number of benzene rings is 2. The zero-order valence-corrected chi connectivity index (χ0v) is 11.6. The van der Waals surface area contributed by atoms with Crippen LogP contribution in [0.1, 0.15) is 5.56 Å². The molecule has 0 spiro atoms. The molecule has 0 fully saturated rings. The minimum Gasteiger partial charge on any atom is -0.495 e. The zero-order valence-electron chi connectivity index (χ0n) is 10.8. The van der Waals surface area contributed by atoms with Gasteiger partial charge in [-0.25, -0.2) is 0 Å². The Bertz CT molecular complexity index is 830. The summed E-state index contributed by atoms with van der Waals surface area (Å²) in [6, 6.07) is 15.4. The Balaban J connectivity index is 2.15. The Morgan fingerprint density at radius 1 is 1.15 bits per heavy atom. The van der Waals surface area contributed by atoms with E-state index in [9.17, 15) is 0 Å². The first-order chi connectivity index (χ1) is 9.72. The molecule has 1 aromatic heterocycles. The Kier molecular flexibility index (Phi) is 3.09. The summed E-state index contributed by atoms with van der Waals surface area (Å²) in [5.41, 5.74) is 2.64. The van der Waals surface area contributed by atoms with Crippen molar-refractivity contribution in [3.63, 3.8) is 0 Å². The summed E-state index contributed by atoms with van der Waals surface area (Å²) >= 11 is 6.16. The van der Waals surface area contributed by atoms with E-state index >= 15 is 0 Å². The first-order valence-corrected chi connectivity index (χ1v) is 6.46. The molecule has 0 atom stereocenters. The number of rotatable bonds is 2. The lowest BCUT2D eigenvalue weighted by atomic mass is 10.2. The highest BCUT2D eigenvalue weighted by Crippen LogP contribution is 2.29. The van der Waals surface area contributed by atoms with Crippen molar-refractivity contribution in [2.45, 2.75) is 0 Å². The molecular weight excluding hydrogens is 272 g/mol. The van der Waals surface area contributed by atoms with E-state index in [0.29, 0.717) is 16.3 Å². The largest absolute Gasteiger partial charge is 0.495 e. The molecule has 0 N–H and O–H groups in total. The molecule has 0 aliphatic heterocycles. The van der Waals surface area contributed by atoms with Crippen LogP contribution in [-0.4, -0.2) is 11.7 Å². The predicted octanol–water partition coefficient (Wildman–Crippen LogP) is 4.16. The molecule has 0 amide bonds. The van der Waals surface area contributed by atoms with Crippen molar-refractivity contribution >= 4 is 22.5 Å². The lowest BCUT2D eigenvalue weighted by Gasteiger charge is -2.08. The Morgan fingerprint density at radius 2 is 2.00 bits per heavy atom. The van der Waals surface area contributed by atoms with Crippen molar-refractivity contribution in [1.82, 2.24) is 4.57 Å². The second-order valence-corrected chi connectivity index (χ2v) is 4.80. The van der Waals surface area contributed by atoms with Crippen molar-refractivity contribution in [3.8, 4) is 17.5 Å². The molecule has 1 heterocycles. The molecule has 0 aliphatic carbocycles. The maximum Gasteiger partial charge on any atom is 0.137 e. The molecule has 0 radical (unpaired) electrons. The van der Waals surface area contributed by atoms with Crippen LogP contribution in [0.2, 0.25) is 5.02 Å². The average molecular weight is 283 g/mol. The number of halogens is 1. The second-order valence-electron chi connectivity index (χ2n) is 4.39. The molecule has 3 nitrogen and oxygen atoms in total. The minimum atomic E-state index is 0.570. The third kappa shape index (κ3) is 2.01. The lowest BCUT2D eigenvalue weighted by molar-refractivity contribution is 0.415. The van der Waals surface area contributed by atoms with Crippen LogP contribution < -0.4 is 4.74 Å². The van der Waals surface area contributed by atoms with Gasteiger partial charge in [0.05, 0.1) is 29.3 Å². The number of methoxy groups -OCH3 is 1. The summed E-state index contributed by atoms with van der Waals surface area (Å²) in [5.74, 6) is 0.652. The number of hydrogen-bond donors (Lipinski definition) is 0. The maximum absolute atomic E-state index is 8.93. The van der Waals surface area contributed by atoms with E-state index in [2.05, 4.69) is 6.07 Å². The van der Waals surface area contributed by atoms with Gasteiger partial charge in [0.25, 0.3) is 0 Å². The molecule has 98 valence electrons. The van der Waals surface area contributed by atoms with Gasteiger partial charge < -0.3 is 9.30 Å². The molecular formula is C16H11ClN2O. The van der Waals surface area contributed by atoms with Gasteiger partial charge in [0.2, 0.25) is 0 Å². The molecule has 0 saturated heterocycles. The summed E-state index contributed by atoms with van der Waals surface area (Å²) in [4.78, 5) is 0. The number of aromatic nitrogens is 1. The van der Waals surface area contributed by atoms with E-state index in [1.165, 1.54) is 0 Å². The van der Waals surface area contributed by atoms with Crippen LogP contribution in [0.5, 0.6) is 5.75 Å². The molecule has 20 heavy (non-hydrogen) atoms. The first kappa shape index (κ1) is 12.6. The van der Waals surface area contributed by atoms with E-state index in [1.54, 1.807) is 7.11 Å². The Morgan fingerprint density at radius 3 is 2.70 bits per heavy atom. The van der Waals surface area contributed by atoms with Crippen LogP contribution in [0.3, 0.4) is 0 Å². The second kappa shape index (κ2) is 4.92. The molecule has 3 rings (SSSR count). The van der Waals surface area contributed by atoms with Crippen LogP contribution in [0, 0.1) is 11.3 Å². The molecule has 4 heteroatoms. The predicted molar refractivity (Wildman–Crippen MR) is 79.6 cm³/mol. The van der Waals surface area contributed by atoms with Crippen molar-refractivity contribution in [2.24, 2.45) is 0 Å². The molecule has 0 unspecified atom stereocenters. The Hall–Kier alpha value is -2.44. The fourth-order valence-electron chi connectivity index (χ4n) is 2.24. The molecule has 0 bridgehead atoms. The summed E-state index contributed by atoms with van der Waals surface area (Å²) in [7, 11) is 1.59. The summed E-state index contributed by atoms with van der Waals surface area (Å²) in [6.07, 6.45) is 1.96. The van der Waals surface area contributed by atoms with Gasteiger partial charge in [-0.2, -0.15) is 5.26 Å². The topological polar surface area (TPSA) is 38.0 Å². The average Bonchev–Trinajstić information content (AvgIpc) is 2.90. The van der Waals surface area contributed by atoms with Crippen molar-refractivity contribution in [3.05, 3.63) is 59.2 Å². The van der Waals surface area contributed by atoms with Crippen molar-refractivity contribution < 1.29 is 4.74 Å². The van der Waals surface area contributed by atoms with Gasteiger partial charge in [0.15, 0.2) is 0 Å². The van der Waals surface area contributed by atoms with Crippen LogP contribution in [-0.2, 0) is 0 Å². The van der Waals surface area contributed by atoms with E-state index in [4.69, 9.17) is 21.6 Å². The molecule has 0 aliphatic rings. The monoisotopic (exact) mass is 282 g/mol.